The lowest BCUT2D eigenvalue weighted by Crippen LogP contribution is -2.10. The van der Waals surface area contributed by atoms with Gasteiger partial charge >= 0.3 is 0 Å². The fraction of sp³-hybridized carbons (Fsp3) is 0.538. The third-order valence-electron chi connectivity index (χ3n) is 2.73. The maximum atomic E-state index is 4.93. The molecule has 0 radical (unpaired) electrons. The van der Waals surface area contributed by atoms with E-state index in [1.54, 1.807) is 6.92 Å². The summed E-state index contributed by atoms with van der Waals surface area (Å²) in [6, 6.07) is 1.89. The third-order valence-corrected chi connectivity index (χ3v) is 2.73. The van der Waals surface area contributed by atoms with Gasteiger partial charge in [-0.25, -0.2) is 9.97 Å². The molecule has 0 saturated heterocycles. The maximum absolute atomic E-state index is 4.93. The normalized spacial score (nSPS) is 10.6. The Morgan fingerprint density at radius 1 is 1.10 bits per heavy atom. The van der Waals surface area contributed by atoms with Gasteiger partial charge in [0.1, 0.15) is 17.5 Å². The number of anilines is 2. The Kier molecular flexibility index (Phi) is 4.86. The quantitative estimate of drug-likeness (QED) is 0.797. The number of nitrogens with zero attached hydrogens (tertiary/aromatic N) is 4. The van der Waals surface area contributed by atoms with Crippen molar-refractivity contribution in [2.75, 3.05) is 24.2 Å². The molecule has 0 aromatic carbocycles. The Morgan fingerprint density at radius 2 is 1.90 bits per heavy atom. The van der Waals surface area contributed by atoms with Crippen LogP contribution in [0.2, 0.25) is 0 Å². The SMILES string of the molecule is CCCc1nc(NC)cc(NCCc2noc(C)n2)n1. The van der Waals surface area contributed by atoms with Gasteiger partial charge in [0, 0.05) is 39.4 Å². The molecule has 7 nitrogen and oxygen atoms in total. The summed E-state index contributed by atoms with van der Waals surface area (Å²) in [7, 11) is 1.85. The summed E-state index contributed by atoms with van der Waals surface area (Å²) >= 11 is 0. The standard InChI is InChI=1S/C13H20N6O/c1-4-5-10-17-12(14-3)8-13(18-10)15-7-6-11-16-9(2)20-19-11/h8H,4-7H2,1-3H3,(H2,14,15,17,18). The number of hydrogen-bond acceptors (Lipinski definition) is 7. The number of hydrogen-bond donors (Lipinski definition) is 2. The minimum absolute atomic E-state index is 0.588. The van der Waals surface area contributed by atoms with Crippen molar-refractivity contribution in [1.29, 1.82) is 0 Å². The summed E-state index contributed by atoms with van der Waals surface area (Å²) in [4.78, 5) is 13.1. The second kappa shape index (κ2) is 6.83. The highest BCUT2D eigenvalue weighted by molar-refractivity contribution is 5.47. The van der Waals surface area contributed by atoms with Gasteiger partial charge in [-0.15, -0.1) is 0 Å². The zero-order valence-electron chi connectivity index (χ0n) is 12.1. The van der Waals surface area contributed by atoms with Crippen LogP contribution in [0.4, 0.5) is 11.6 Å². The highest BCUT2D eigenvalue weighted by Gasteiger charge is 2.05. The molecule has 2 rings (SSSR count). The summed E-state index contributed by atoms with van der Waals surface area (Å²) in [6.07, 6.45) is 2.59. The van der Waals surface area contributed by atoms with Gasteiger partial charge in [-0.2, -0.15) is 4.98 Å². The average Bonchev–Trinajstić information content (AvgIpc) is 2.84. The minimum atomic E-state index is 0.588. The van der Waals surface area contributed by atoms with Gasteiger partial charge in [0.25, 0.3) is 0 Å². The van der Waals surface area contributed by atoms with Crippen molar-refractivity contribution in [3.8, 4) is 0 Å². The molecule has 7 heteroatoms. The Balaban J connectivity index is 1.95. The molecule has 0 saturated carbocycles. The predicted molar refractivity (Wildman–Crippen MR) is 76.8 cm³/mol. The smallest absolute Gasteiger partial charge is 0.223 e. The van der Waals surface area contributed by atoms with Gasteiger partial charge in [0.05, 0.1) is 0 Å². The van der Waals surface area contributed by atoms with Crippen LogP contribution in [0.15, 0.2) is 10.6 Å². The molecule has 0 aliphatic carbocycles. The molecule has 0 bridgehead atoms. The van der Waals surface area contributed by atoms with Crippen LogP contribution in [-0.2, 0) is 12.8 Å². The van der Waals surface area contributed by atoms with Gasteiger partial charge < -0.3 is 15.2 Å². The van der Waals surface area contributed by atoms with E-state index in [9.17, 15) is 0 Å². The van der Waals surface area contributed by atoms with Crippen molar-refractivity contribution in [2.24, 2.45) is 0 Å². The van der Waals surface area contributed by atoms with Gasteiger partial charge in [-0.3, -0.25) is 0 Å². The Bertz CT molecular complexity index is 554. The summed E-state index contributed by atoms with van der Waals surface area (Å²) in [5, 5.41) is 10.2. The molecule has 0 amide bonds. The third kappa shape index (κ3) is 3.91. The van der Waals surface area contributed by atoms with Crippen molar-refractivity contribution in [3.63, 3.8) is 0 Å². The largest absolute Gasteiger partial charge is 0.373 e. The van der Waals surface area contributed by atoms with Crippen LogP contribution in [0, 0.1) is 6.92 Å². The van der Waals surface area contributed by atoms with Crippen molar-refractivity contribution < 1.29 is 4.52 Å². The van der Waals surface area contributed by atoms with Crippen LogP contribution in [0.1, 0.15) is 30.9 Å². The minimum Gasteiger partial charge on any atom is -0.373 e. The first-order valence-electron chi connectivity index (χ1n) is 6.80. The molecular formula is C13H20N6O. The molecular weight excluding hydrogens is 256 g/mol. The molecule has 0 fully saturated rings. The first kappa shape index (κ1) is 14.2. The van der Waals surface area contributed by atoms with E-state index in [-0.39, 0.29) is 0 Å². The van der Waals surface area contributed by atoms with E-state index in [0.29, 0.717) is 24.7 Å². The van der Waals surface area contributed by atoms with Crippen LogP contribution in [0.25, 0.3) is 0 Å². The second-order valence-corrected chi connectivity index (χ2v) is 4.46. The molecule has 0 spiro atoms. The van der Waals surface area contributed by atoms with E-state index in [4.69, 9.17) is 4.52 Å². The number of nitrogens with one attached hydrogen (secondary N) is 2. The molecule has 108 valence electrons. The Morgan fingerprint density at radius 3 is 2.55 bits per heavy atom. The summed E-state index contributed by atoms with van der Waals surface area (Å²) in [5.74, 6) is 3.77. The zero-order chi connectivity index (χ0) is 14.4. The molecule has 2 heterocycles. The lowest BCUT2D eigenvalue weighted by Gasteiger charge is -2.08. The molecule has 0 unspecified atom stereocenters. The summed E-state index contributed by atoms with van der Waals surface area (Å²) in [6.45, 7) is 4.59. The van der Waals surface area contributed by atoms with Gasteiger partial charge in [0.2, 0.25) is 5.89 Å². The number of aromatic nitrogens is 4. The molecule has 0 aliphatic heterocycles. The Labute approximate surface area is 118 Å². The highest BCUT2D eigenvalue weighted by atomic mass is 16.5. The van der Waals surface area contributed by atoms with Gasteiger partial charge in [-0.1, -0.05) is 12.1 Å². The summed E-state index contributed by atoms with van der Waals surface area (Å²) < 4.78 is 4.93. The van der Waals surface area contributed by atoms with E-state index >= 15 is 0 Å². The van der Waals surface area contributed by atoms with Crippen LogP contribution in [0.3, 0.4) is 0 Å². The van der Waals surface area contributed by atoms with E-state index in [2.05, 4.69) is 37.7 Å². The maximum Gasteiger partial charge on any atom is 0.223 e. The highest BCUT2D eigenvalue weighted by Crippen LogP contribution is 2.12. The van der Waals surface area contributed by atoms with Crippen LogP contribution >= 0.6 is 0 Å². The molecule has 2 aromatic rings. The fourth-order valence-corrected chi connectivity index (χ4v) is 1.80. The predicted octanol–water partition coefficient (Wildman–Crippen LogP) is 1.82. The zero-order valence-corrected chi connectivity index (χ0v) is 12.1. The van der Waals surface area contributed by atoms with Crippen molar-refractivity contribution >= 4 is 11.6 Å². The van der Waals surface area contributed by atoms with E-state index < -0.39 is 0 Å². The van der Waals surface area contributed by atoms with Crippen molar-refractivity contribution in [1.82, 2.24) is 20.1 Å². The van der Waals surface area contributed by atoms with Crippen LogP contribution < -0.4 is 10.6 Å². The molecule has 0 atom stereocenters. The summed E-state index contributed by atoms with van der Waals surface area (Å²) in [5.41, 5.74) is 0. The van der Waals surface area contributed by atoms with E-state index in [1.165, 1.54) is 0 Å². The van der Waals surface area contributed by atoms with Crippen molar-refractivity contribution in [3.05, 3.63) is 23.6 Å². The van der Waals surface area contributed by atoms with Crippen molar-refractivity contribution in [2.45, 2.75) is 33.1 Å². The topological polar surface area (TPSA) is 88.8 Å². The van der Waals surface area contributed by atoms with E-state index in [0.717, 1.165) is 30.3 Å². The molecule has 2 N–H and O–H groups in total. The fourth-order valence-electron chi connectivity index (χ4n) is 1.80. The lowest BCUT2D eigenvalue weighted by atomic mass is 10.3. The van der Waals surface area contributed by atoms with E-state index in [1.807, 2.05) is 13.1 Å². The Hall–Kier alpha value is -2.18. The lowest BCUT2D eigenvalue weighted by molar-refractivity contribution is 0.387. The first-order valence-corrected chi connectivity index (χ1v) is 6.80. The molecule has 20 heavy (non-hydrogen) atoms. The molecule has 0 aliphatic rings. The second-order valence-electron chi connectivity index (χ2n) is 4.46. The van der Waals surface area contributed by atoms with Gasteiger partial charge in [-0.05, 0) is 6.42 Å². The van der Waals surface area contributed by atoms with Gasteiger partial charge in [0.15, 0.2) is 5.82 Å². The van der Waals surface area contributed by atoms with Crippen LogP contribution in [0.5, 0.6) is 0 Å². The average molecular weight is 276 g/mol. The first-order chi connectivity index (χ1) is 9.71. The number of aryl methyl sites for hydroxylation is 2. The van der Waals surface area contributed by atoms with Crippen LogP contribution in [-0.4, -0.2) is 33.7 Å². The molecule has 2 aromatic heterocycles. The number of rotatable bonds is 7. The monoisotopic (exact) mass is 276 g/mol.